The van der Waals surface area contributed by atoms with Gasteiger partial charge in [-0.15, -0.1) is 0 Å². The number of aliphatic hydroxyl groups excluding tert-OH is 1. The summed E-state index contributed by atoms with van der Waals surface area (Å²) in [6.45, 7) is 5.38. The van der Waals surface area contributed by atoms with Gasteiger partial charge in [0.15, 0.2) is 0 Å². The fourth-order valence-electron chi connectivity index (χ4n) is 2.19. The van der Waals surface area contributed by atoms with Crippen molar-refractivity contribution in [3.8, 4) is 0 Å². The Morgan fingerprint density at radius 1 is 1.17 bits per heavy atom. The van der Waals surface area contributed by atoms with Gasteiger partial charge in [-0.1, -0.05) is 31.5 Å². The Labute approximate surface area is 144 Å². The van der Waals surface area contributed by atoms with Crippen molar-refractivity contribution in [1.82, 2.24) is 4.72 Å². The number of rotatable bonds is 9. The largest absolute Gasteiger partial charge is 0.391 e. The van der Waals surface area contributed by atoms with Gasteiger partial charge in [-0.3, -0.25) is 4.57 Å². The van der Waals surface area contributed by atoms with Gasteiger partial charge in [0, 0.05) is 14.2 Å². The van der Waals surface area contributed by atoms with Gasteiger partial charge >= 0.3 is 7.60 Å². The van der Waals surface area contributed by atoms with Gasteiger partial charge in [0.2, 0.25) is 10.0 Å². The first-order valence-electron chi connectivity index (χ1n) is 7.52. The molecule has 1 aromatic rings. The molecule has 0 fully saturated rings. The van der Waals surface area contributed by atoms with E-state index in [0.29, 0.717) is 0 Å². The maximum absolute atomic E-state index is 12.5. The first kappa shape index (κ1) is 21.3. The average Bonchev–Trinajstić information content (AvgIpc) is 2.52. The number of nitrogens with one attached hydrogen (secondary N) is 1. The Morgan fingerprint density at radius 3 is 2.08 bits per heavy atom. The van der Waals surface area contributed by atoms with Gasteiger partial charge in [-0.2, -0.15) is 0 Å². The van der Waals surface area contributed by atoms with Crippen molar-refractivity contribution in [2.24, 2.45) is 5.92 Å². The van der Waals surface area contributed by atoms with Crippen LogP contribution in [0.5, 0.6) is 0 Å². The van der Waals surface area contributed by atoms with Crippen LogP contribution in [0.3, 0.4) is 0 Å². The van der Waals surface area contributed by atoms with Crippen LogP contribution in [-0.4, -0.2) is 46.1 Å². The van der Waals surface area contributed by atoms with Crippen molar-refractivity contribution in [3.63, 3.8) is 0 Å². The second-order valence-corrected chi connectivity index (χ2v) is 9.96. The van der Waals surface area contributed by atoms with Gasteiger partial charge in [-0.25, -0.2) is 13.1 Å². The Kier molecular flexibility index (Phi) is 7.59. The summed E-state index contributed by atoms with van der Waals surface area (Å²) < 4.78 is 49.3. The summed E-state index contributed by atoms with van der Waals surface area (Å²) in [5.41, 5.74) is 0.940. The van der Waals surface area contributed by atoms with Crippen molar-refractivity contribution in [2.75, 3.05) is 20.4 Å². The predicted molar refractivity (Wildman–Crippen MR) is 92.6 cm³/mol. The fraction of sp³-hybridized carbons (Fsp3) is 0.600. The van der Waals surface area contributed by atoms with Crippen LogP contribution in [0.15, 0.2) is 29.2 Å². The highest BCUT2D eigenvalue weighted by Gasteiger charge is 2.34. The lowest BCUT2D eigenvalue weighted by Gasteiger charge is -2.28. The van der Waals surface area contributed by atoms with Gasteiger partial charge < -0.3 is 14.2 Å². The second kappa shape index (κ2) is 8.56. The molecule has 0 heterocycles. The van der Waals surface area contributed by atoms with E-state index in [9.17, 15) is 18.1 Å². The fourth-order valence-corrected chi connectivity index (χ4v) is 4.74. The highest BCUT2D eigenvalue weighted by Crippen LogP contribution is 2.47. The molecule has 0 aliphatic rings. The van der Waals surface area contributed by atoms with Gasteiger partial charge in [0.05, 0.1) is 23.2 Å². The summed E-state index contributed by atoms with van der Waals surface area (Å²) in [5, 5.41) is 10.4. The molecular formula is C15H26NO6PS. The lowest BCUT2D eigenvalue weighted by Crippen LogP contribution is -2.48. The van der Waals surface area contributed by atoms with Crippen LogP contribution in [0.1, 0.15) is 19.4 Å². The minimum Gasteiger partial charge on any atom is -0.391 e. The highest BCUT2D eigenvalue weighted by molar-refractivity contribution is 7.89. The van der Waals surface area contributed by atoms with Crippen LogP contribution < -0.4 is 4.72 Å². The van der Waals surface area contributed by atoms with Gasteiger partial charge in [0.1, 0.15) is 0 Å². The third-order valence-electron chi connectivity index (χ3n) is 3.72. The van der Waals surface area contributed by atoms with Gasteiger partial charge in [0.25, 0.3) is 0 Å². The predicted octanol–water partition coefficient (Wildman–Crippen LogP) is 2.14. The number of aryl methyl sites for hydroxylation is 1. The lowest BCUT2D eigenvalue weighted by molar-refractivity contribution is 0.127. The molecule has 0 aliphatic carbocycles. The van der Waals surface area contributed by atoms with Crippen LogP contribution in [0.25, 0.3) is 0 Å². The van der Waals surface area contributed by atoms with Crippen LogP contribution >= 0.6 is 7.60 Å². The molecule has 0 aliphatic heterocycles. The Balaban J connectivity index is 3.00. The van der Waals surface area contributed by atoms with Crippen molar-refractivity contribution in [2.45, 2.75) is 37.8 Å². The van der Waals surface area contributed by atoms with Crippen LogP contribution in [0.2, 0.25) is 0 Å². The molecule has 2 N–H and O–H groups in total. The molecule has 0 saturated heterocycles. The molecule has 0 bridgehead atoms. The minimum atomic E-state index is -3.82. The lowest BCUT2D eigenvalue weighted by atomic mass is 10.0. The minimum absolute atomic E-state index is 0.104. The number of sulfonamides is 1. The third-order valence-corrected chi connectivity index (χ3v) is 7.13. The highest BCUT2D eigenvalue weighted by atomic mass is 32.2. The summed E-state index contributed by atoms with van der Waals surface area (Å²) in [5.74, 6) is -0.234. The molecule has 0 saturated carbocycles. The zero-order chi connectivity index (χ0) is 18.5. The summed E-state index contributed by atoms with van der Waals surface area (Å²) in [6, 6.07) is 5.54. The first-order valence-corrected chi connectivity index (χ1v) is 10.7. The molecule has 1 rings (SSSR count). The number of hydrogen-bond acceptors (Lipinski definition) is 6. The van der Waals surface area contributed by atoms with Crippen molar-refractivity contribution in [3.05, 3.63) is 29.8 Å². The van der Waals surface area contributed by atoms with E-state index in [1.54, 1.807) is 26.0 Å². The normalized spacial score (nSPS) is 15.5. The zero-order valence-electron chi connectivity index (χ0n) is 14.6. The Bertz CT molecular complexity index is 666. The van der Waals surface area contributed by atoms with E-state index in [2.05, 4.69) is 4.72 Å². The second-order valence-electron chi connectivity index (χ2n) is 5.93. The monoisotopic (exact) mass is 379 g/mol. The summed E-state index contributed by atoms with van der Waals surface area (Å²) in [4.78, 5) is 0.104. The van der Waals surface area contributed by atoms with E-state index in [-0.39, 0.29) is 17.0 Å². The van der Waals surface area contributed by atoms with E-state index in [4.69, 9.17) is 9.05 Å². The van der Waals surface area contributed by atoms with E-state index < -0.39 is 29.8 Å². The summed E-state index contributed by atoms with van der Waals surface area (Å²) in [7, 11) is -4.84. The molecule has 2 atom stereocenters. The van der Waals surface area contributed by atoms with E-state index in [1.807, 2.05) is 6.92 Å². The molecule has 7 nitrogen and oxygen atoms in total. The van der Waals surface area contributed by atoms with Crippen LogP contribution in [0.4, 0.5) is 0 Å². The quantitative estimate of drug-likeness (QED) is 0.638. The molecule has 0 amide bonds. The van der Waals surface area contributed by atoms with Crippen LogP contribution in [-0.2, 0) is 23.6 Å². The first-order chi connectivity index (χ1) is 11.0. The SMILES string of the molecule is COP(=O)(C[C@@H](O)[C@@H](NS(=O)(=O)c1ccc(C)cc1)C(C)C)OC. The smallest absolute Gasteiger partial charge is 0.332 e. The van der Waals surface area contributed by atoms with Gasteiger partial charge in [-0.05, 0) is 25.0 Å². The molecule has 0 spiro atoms. The number of hydrogen-bond donors (Lipinski definition) is 2. The van der Waals surface area contributed by atoms with Crippen molar-refractivity contribution < 1.29 is 27.1 Å². The molecule has 0 radical (unpaired) electrons. The Hall–Kier alpha value is -0.760. The molecule has 24 heavy (non-hydrogen) atoms. The molecule has 9 heteroatoms. The summed E-state index contributed by atoms with van der Waals surface area (Å²) >= 11 is 0. The van der Waals surface area contributed by atoms with Crippen molar-refractivity contribution >= 4 is 17.6 Å². The van der Waals surface area contributed by atoms with E-state index in [0.717, 1.165) is 5.56 Å². The topological polar surface area (TPSA) is 102 Å². The molecule has 0 unspecified atom stereocenters. The maximum atomic E-state index is 12.5. The number of benzene rings is 1. The average molecular weight is 379 g/mol. The van der Waals surface area contributed by atoms with E-state index in [1.165, 1.54) is 26.4 Å². The molecule has 0 aromatic heterocycles. The standard InChI is InChI=1S/C15H26NO6PS/c1-11(2)15(14(17)10-23(18,21-4)22-5)16-24(19,20)13-8-6-12(3)7-9-13/h6-9,11,14-17H,10H2,1-5H3/t14-,15+/m1/s1. The molecule has 138 valence electrons. The Morgan fingerprint density at radius 2 is 1.67 bits per heavy atom. The third kappa shape index (κ3) is 5.65. The van der Waals surface area contributed by atoms with Crippen molar-refractivity contribution in [1.29, 1.82) is 0 Å². The zero-order valence-corrected chi connectivity index (χ0v) is 16.3. The number of aliphatic hydroxyl groups is 1. The summed E-state index contributed by atoms with van der Waals surface area (Å²) in [6.07, 6.45) is -1.53. The van der Waals surface area contributed by atoms with Crippen LogP contribution in [0, 0.1) is 12.8 Å². The molecule has 1 aromatic carbocycles. The maximum Gasteiger partial charge on any atom is 0.332 e. The molecular weight excluding hydrogens is 353 g/mol. The van der Waals surface area contributed by atoms with E-state index >= 15 is 0 Å².